The molecule has 8 heteroatoms. The molecule has 0 radical (unpaired) electrons. The van der Waals surface area contributed by atoms with Crippen molar-refractivity contribution < 1.29 is 19.0 Å². The van der Waals surface area contributed by atoms with E-state index in [1.807, 2.05) is 19.2 Å². The summed E-state index contributed by atoms with van der Waals surface area (Å²) in [5.74, 6) is 0.834. The molecule has 2 aliphatic rings. The lowest BCUT2D eigenvalue weighted by Crippen LogP contribution is -2.47. The van der Waals surface area contributed by atoms with Crippen molar-refractivity contribution in [2.45, 2.75) is 64.1 Å². The Bertz CT molecular complexity index is 1090. The summed E-state index contributed by atoms with van der Waals surface area (Å²) in [5.41, 5.74) is 3.24. The van der Waals surface area contributed by atoms with Gasteiger partial charge >= 0.3 is 0 Å². The number of aryl methyl sites for hydroxylation is 2. The maximum Gasteiger partial charge on any atom is 0.250 e. The number of carbonyl (C=O) groups is 1. The molecule has 1 saturated heterocycles. The van der Waals surface area contributed by atoms with Gasteiger partial charge in [0.1, 0.15) is 12.4 Å². The zero-order valence-electron chi connectivity index (χ0n) is 23.1. The number of nitrogens with one attached hydrogen (secondary N) is 1. The number of carbonyl (C=O) groups excluding carboxylic acids is 1. The van der Waals surface area contributed by atoms with E-state index in [1.54, 1.807) is 24.9 Å². The lowest BCUT2D eigenvalue weighted by Gasteiger charge is -2.36. The van der Waals surface area contributed by atoms with Crippen LogP contribution in [0.15, 0.2) is 41.3 Å². The molecule has 1 saturated carbocycles. The molecule has 2 fully saturated rings. The van der Waals surface area contributed by atoms with Crippen molar-refractivity contribution in [3.8, 4) is 5.75 Å². The van der Waals surface area contributed by atoms with Crippen LogP contribution in [0.25, 0.3) is 0 Å². The van der Waals surface area contributed by atoms with E-state index in [1.165, 1.54) is 5.56 Å². The number of nitrogens with zero attached hydrogens (tertiary/aromatic N) is 2. The summed E-state index contributed by atoms with van der Waals surface area (Å²) in [5, 5.41) is 3.43. The van der Waals surface area contributed by atoms with E-state index in [2.05, 4.69) is 28.4 Å². The fraction of sp³-hybridized carbons (Fsp3) is 0.600. The van der Waals surface area contributed by atoms with Crippen LogP contribution in [0.1, 0.15) is 55.2 Å². The average molecular weight is 526 g/mol. The van der Waals surface area contributed by atoms with Crippen LogP contribution in [-0.4, -0.2) is 68.5 Å². The van der Waals surface area contributed by atoms with E-state index in [0.717, 1.165) is 55.5 Å². The van der Waals surface area contributed by atoms with Gasteiger partial charge in [-0.1, -0.05) is 6.07 Å². The average Bonchev–Trinajstić information content (AvgIpc) is 3.77. The van der Waals surface area contributed by atoms with E-state index in [9.17, 15) is 9.59 Å². The lowest BCUT2D eigenvalue weighted by molar-refractivity contribution is -0.138. The molecule has 2 heterocycles. The summed E-state index contributed by atoms with van der Waals surface area (Å²) >= 11 is 0. The fourth-order valence-corrected chi connectivity index (χ4v) is 5.43. The summed E-state index contributed by atoms with van der Waals surface area (Å²) in [6.07, 6.45) is 6.59. The Balaban J connectivity index is 1.55. The molecule has 2 atom stereocenters. The van der Waals surface area contributed by atoms with Gasteiger partial charge in [-0.3, -0.25) is 9.59 Å². The Morgan fingerprint density at radius 2 is 1.84 bits per heavy atom. The van der Waals surface area contributed by atoms with Crippen LogP contribution in [-0.2, 0) is 33.8 Å². The molecule has 1 aliphatic carbocycles. The van der Waals surface area contributed by atoms with Crippen LogP contribution in [0.2, 0.25) is 0 Å². The fourth-order valence-electron chi connectivity index (χ4n) is 5.43. The summed E-state index contributed by atoms with van der Waals surface area (Å²) in [6, 6.07) is 10.4. The van der Waals surface area contributed by atoms with Crippen molar-refractivity contribution in [1.82, 2.24) is 14.8 Å². The molecular formula is C30H43N3O5. The Kier molecular flexibility index (Phi) is 10.4. The zero-order chi connectivity index (χ0) is 26.9. The van der Waals surface area contributed by atoms with Gasteiger partial charge in [0.2, 0.25) is 5.91 Å². The topological polar surface area (TPSA) is 82.0 Å². The van der Waals surface area contributed by atoms with E-state index in [-0.39, 0.29) is 29.3 Å². The first-order chi connectivity index (χ1) is 18.5. The SMILES string of the molecule is CCn1ccc([C@@H]2CCNC[C@H]2C(=O)N(Cc2cc(CCCOC)cc(OCCOC)c2)C2CC2)cc1=O. The number of aromatic nitrogens is 1. The number of hydrogen-bond acceptors (Lipinski definition) is 6. The summed E-state index contributed by atoms with van der Waals surface area (Å²) in [6.45, 7) is 6.35. The number of methoxy groups -OCH3 is 2. The quantitative estimate of drug-likeness (QED) is 0.381. The van der Waals surface area contributed by atoms with Gasteiger partial charge in [0.15, 0.2) is 0 Å². The first-order valence-electron chi connectivity index (χ1n) is 14.0. The minimum absolute atomic E-state index is 0.0000658. The summed E-state index contributed by atoms with van der Waals surface area (Å²) < 4.78 is 18.1. The van der Waals surface area contributed by atoms with Gasteiger partial charge in [-0.25, -0.2) is 0 Å². The third-order valence-electron chi connectivity index (χ3n) is 7.61. The van der Waals surface area contributed by atoms with Crippen LogP contribution in [0.4, 0.5) is 0 Å². The highest BCUT2D eigenvalue weighted by molar-refractivity contribution is 5.81. The minimum atomic E-state index is -0.191. The molecule has 8 nitrogen and oxygen atoms in total. The molecule has 1 amide bonds. The predicted molar refractivity (Wildman–Crippen MR) is 148 cm³/mol. The predicted octanol–water partition coefficient (Wildman–Crippen LogP) is 3.36. The van der Waals surface area contributed by atoms with Crippen LogP contribution < -0.4 is 15.6 Å². The molecular weight excluding hydrogens is 482 g/mol. The molecule has 4 rings (SSSR count). The van der Waals surface area contributed by atoms with Crippen molar-refractivity contribution in [2.24, 2.45) is 5.92 Å². The number of ether oxygens (including phenoxy) is 3. The molecule has 2 aromatic rings. The highest BCUT2D eigenvalue weighted by Gasteiger charge is 2.40. The van der Waals surface area contributed by atoms with Gasteiger partial charge < -0.3 is 29.0 Å². The van der Waals surface area contributed by atoms with E-state index < -0.39 is 0 Å². The number of piperidine rings is 1. The molecule has 1 aliphatic heterocycles. The molecule has 1 N–H and O–H groups in total. The lowest BCUT2D eigenvalue weighted by atomic mass is 9.80. The molecule has 208 valence electrons. The van der Waals surface area contributed by atoms with Crippen molar-refractivity contribution in [1.29, 1.82) is 0 Å². The Morgan fingerprint density at radius 1 is 1.05 bits per heavy atom. The molecule has 1 aromatic carbocycles. The van der Waals surface area contributed by atoms with Crippen LogP contribution in [0, 0.1) is 5.92 Å². The Labute approximate surface area is 226 Å². The van der Waals surface area contributed by atoms with Crippen molar-refractivity contribution in [3.63, 3.8) is 0 Å². The molecule has 0 spiro atoms. The van der Waals surface area contributed by atoms with Crippen LogP contribution >= 0.6 is 0 Å². The van der Waals surface area contributed by atoms with Crippen LogP contribution in [0.3, 0.4) is 0 Å². The van der Waals surface area contributed by atoms with Gasteiger partial charge in [-0.15, -0.1) is 0 Å². The van der Waals surface area contributed by atoms with E-state index in [0.29, 0.717) is 39.5 Å². The molecule has 38 heavy (non-hydrogen) atoms. The summed E-state index contributed by atoms with van der Waals surface area (Å²) in [4.78, 5) is 28.7. The molecule has 0 unspecified atom stereocenters. The third kappa shape index (κ3) is 7.46. The van der Waals surface area contributed by atoms with Crippen molar-refractivity contribution in [3.05, 3.63) is 63.6 Å². The summed E-state index contributed by atoms with van der Waals surface area (Å²) in [7, 11) is 3.38. The van der Waals surface area contributed by atoms with Gasteiger partial charge in [-0.05, 0) is 86.4 Å². The second-order valence-corrected chi connectivity index (χ2v) is 10.4. The number of amides is 1. The van der Waals surface area contributed by atoms with E-state index in [4.69, 9.17) is 14.2 Å². The van der Waals surface area contributed by atoms with Gasteiger partial charge in [0, 0.05) is 58.8 Å². The second-order valence-electron chi connectivity index (χ2n) is 10.4. The standard InChI is InChI=1S/C30H43N3O5/c1-4-32-12-10-24(19-29(32)34)27-9-11-31-20-28(27)30(35)33(25-7-8-25)21-23-16-22(6-5-13-36-2)17-26(18-23)38-15-14-37-3/h10,12,16-19,25,27-28,31H,4-9,11,13-15,20-21H2,1-3H3/t27-,28+/m0/s1. The van der Waals surface area contributed by atoms with E-state index >= 15 is 0 Å². The van der Waals surface area contributed by atoms with Gasteiger partial charge in [-0.2, -0.15) is 0 Å². The largest absolute Gasteiger partial charge is 0.491 e. The number of benzene rings is 1. The Morgan fingerprint density at radius 3 is 2.55 bits per heavy atom. The number of hydrogen-bond donors (Lipinski definition) is 1. The molecule has 1 aromatic heterocycles. The van der Waals surface area contributed by atoms with Gasteiger partial charge in [0.05, 0.1) is 12.5 Å². The van der Waals surface area contributed by atoms with Crippen LogP contribution in [0.5, 0.6) is 5.75 Å². The van der Waals surface area contributed by atoms with Crippen molar-refractivity contribution >= 4 is 5.91 Å². The molecule has 0 bridgehead atoms. The smallest absolute Gasteiger partial charge is 0.250 e. The number of rotatable bonds is 14. The first-order valence-corrected chi connectivity index (χ1v) is 14.0. The monoisotopic (exact) mass is 525 g/mol. The number of pyridine rings is 1. The third-order valence-corrected chi connectivity index (χ3v) is 7.61. The highest BCUT2D eigenvalue weighted by atomic mass is 16.5. The Hall–Kier alpha value is -2.68. The second kappa shape index (κ2) is 13.9. The van der Waals surface area contributed by atoms with Crippen molar-refractivity contribution in [2.75, 3.05) is 47.1 Å². The normalized spacial score (nSPS) is 19.3. The minimum Gasteiger partial charge on any atom is -0.491 e. The zero-order valence-corrected chi connectivity index (χ0v) is 23.1. The highest BCUT2D eigenvalue weighted by Crippen LogP contribution is 2.36. The first kappa shape index (κ1) is 28.3. The van der Waals surface area contributed by atoms with Gasteiger partial charge in [0.25, 0.3) is 5.56 Å². The maximum atomic E-state index is 14.1. The maximum absolute atomic E-state index is 14.1.